The number of nitrogens with one attached hydrogen (secondary N) is 5. The van der Waals surface area contributed by atoms with Crippen LogP contribution in [-0.2, 0) is 97.9 Å². The molecule has 6 unspecified atom stereocenters. The first kappa shape index (κ1) is 83.5. The zero-order valence-electron chi connectivity index (χ0n) is 63.8. The lowest BCUT2D eigenvalue weighted by molar-refractivity contribution is -0.241. The molecule has 0 fully saturated rings. The number of amides is 5. The van der Waals surface area contributed by atoms with Gasteiger partial charge in [0.25, 0.3) is 0 Å². The van der Waals surface area contributed by atoms with Crippen molar-refractivity contribution in [3.63, 3.8) is 0 Å². The second-order valence-electron chi connectivity index (χ2n) is 30.7. The van der Waals surface area contributed by atoms with Crippen LogP contribution in [0.2, 0.25) is 43.8 Å². The second kappa shape index (κ2) is 39.6. The molecule has 0 heterocycles. The van der Waals surface area contributed by atoms with Crippen LogP contribution in [0.4, 0.5) is 14.4 Å². The van der Waals surface area contributed by atoms with Crippen molar-refractivity contribution in [1.82, 2.24) is 26.6 Å². The summed E-state index contributed by atoms with van der Waals surface area (Å²) in [6.07, 6.45) is 1.06. The standard InChI is InChI=1S/C85H105N5O16Si2/c1-83(2,3)105-82(98)89-73(53-71(106-108(10,11)84(4,5)6)54-86-80(96)101-56-62-30-19-13-20-31-62)77(92)87-72(76(91)88-74(78(93)94)49-60-40-42-70(43-41-60)100-55-61-28-17-12-18-29-61)52-69-51-68(44-45-85(69,103-58-64-34-23-15-24-35-64)104-59-65-36-25-16-26-37-65)67-39-27-38-66(48-67)50-75(79(95)99-46-47-107(7,8)9)90-81(97)102-57-63-32-21-14-22-33-63/h12-45,48,51,69,71-75H,46-47,49-50,52-59H2,1-11H3,(H,86,96)(H,87,92)(H,88,91)(H,89,98)(H,90,97)(H,93,94). The lowest BCUT2D eigenvalue weighted by Crippen LogP contribution is -2.59. The van der Waals surface area contributed by atoms with Crippen LogP contribution in [0.15, 0.2) is 218 Å². The Morgan fingerprint density at radius 2 is 0.981 bits per heavy atom. The summed E-state index contributed by atoms with van der Waals surface area (Å²) < 4.78 is 50.1. The van der Waals surface area contributed by atoms with Gasteiger partial charge in [0.15, 0.2) is 14.1 Å². The number of carboxylic acid groups (broad SMARTS) is 1. The molecule has 0 saturated carbocycles. The van der Waals surface area contributed by atoms with Gasteiger partial charge in [-0.25, -0.2) is 24.0 Å². The third-order valence-electron chi connectivity index (χ3n) is 18.4. The van der Waals surface area contributed by atoms with Gasteiger partial charge in [0.2, 0.25) is 11.8 Å². The van der Waals surface area contributed by atoms with E-state index in [1.807, 2.05) is 222 Å². The van der Waals surface area contributed by atoms with Crippen molar-refractivity contribution in [2.75, 3.05) is 13.2 Å². The summed E-state index contributed by atoms with van der Waals surface area (Å²) in [4.78, 5) is 101. The zero-order valence-corrected chi connectivity index (χ0v) is 65.8. The molecule has 23 heteroatoms. The van der Waals surface area contributed by atoms with Gasteiger partial charge in [-0.05, 0) is 120 Å². The highest BCUT2D eigenvalue weighted by Crippen LogP contribution is 2.41. The molecule has 0 bridgehead atoms. The van der Waals surface area contributed by atoms with Gasteiger partial charge in [0.05, 0.1) is 25.9 Å². The van der Waals surface area contributed by atoms with E-state index in [1.54, 1.807) is 51.1 Å². The van der Waals surface area contributed by atoms with Crippen LogP contribution in [-0.4, -0.2) is 118 Å². The van der Waals surface area contributed by atoms with Crippen LogP contribution in [0.5, 0.6) is 5.75 Å². The topological polar surface area (TPSA) is 274 Å². The fourth-order valence-electron chi connectivity index (χ4n) is 11.4. The van der Waals surface area contributed by atoms with Gasteiger partial charge in [-0.3, -0.25) is 9.59 Å². The summed E-state index contributed by atoms with van der Waals surface area (Å²) in [5, 5.41) is 24.8. The molecular weight excluding hydrogens is 1400 g/mol. The minimum atomic E-state index is -2.79. The van der Waals surface area contributed by atoms with Crippen molar-refractivity contribution in [1.29, 1.82) is 0 Å². The molecule has 8 rings (SSSR count). The Morgan fingerprint density at radius 3 is 1.50 bits per heavy atom. The Hall–Kier alpha value is -10.2. The molecule has 7 aromatic carbocycles. The van der Waals surface area contributed by atoms with Crippen LogP contribution in [0.3, 0.4) is 0 Å². The maximum Gasteiger partial charge on any atom is 0.408 e. The van der Waals surface area contributed by atoms with E-state index in [2.05, 4.69) is 46.2 Å². The molecule has 7 aromatic rings. The van der Waals surface area contributed by atoms with E-state index < -0.39 is 111 Å². The summed E-state index contributed by atoms with van der Waals surface area (Å²) >= 11 is 0. The Kier molecular flexibility index (Phi) is 30.6. The number of hydrogen-bond donors (Lipinski definition) is 6. The smallest absolute Gasteiger partial charge is 0.408 e. The van der Waals surface area contributed by atoms with Gasteiger partial charge in [-0.15, -0.1) is 0 Å². The highest BCUT2D eigenvalue weighted by atomic mass is 28.4. The molecule has 1 aliphatic carbocycles. The van der Waals surface area contributed by atoms with Gasteiger partial charge in [0, 0.05) is 39.8 Å². The van der Waals surface area contributed by atoms with Gasteiger partial charge in [-0.1, -0.05) is 241 Å². The predicted molar refractivity (Wildman–Crippen MR) is 420 cm³/mol. The molecule has 0 radical (unpaired) electrons. The molecule has 6 N–H and O–H groups in total. The van der Waals surface area contributed by atoms with E-state index in [4.69, 9.17) is 37.6 Å². The largest absolute Gasteiger partial charge is 0.489 e. The summed E-state index contributed by atoms with van der Waals surface area (Å²) in [5.74, 6) is -6.12. The minimum absolute atomic E-state index is 0.00924. The van der Waals surface area contributed by atoms with Crippen molar-refractivity contribution in [2.24, 2.45) is 5.92 Å². The van der Waals surface area contributed by atoms with E-state index in [0.29, 0.717) is 40.7 Å². The first-order valence-electron chi connectivity index (χ1n) is 36.6. The van der Waals surface area contributed by atoms with Gasteiger partial charge in [-0.2, -0.15) is 0 Å². The predicted octanol–water partition coefficient (Wildman–Crippen LogP) is 15.0. The molecule has 1 aliphatic rings. The zero-order chi connectivity index (χ0) is 77.9. The second-order valence-corrected chi connectivity index (χ2v) is 41.0. The monoisotopic (exact) mass is 1510 g/mol. The molecule has 0 spiro atoms. The molecule has 6 atom stereocenters. The van der Waals surface area contributed by atoms with Crippen LogP contribution < -0.4 is 31.3 Å². The number of alkyl carbamates (subject to hydrolysis) is 3. The van der Waals surface area contributed by atoms with Crippen LogP contribution in [0.25, 0.3) is 5.57 Å². The number of carboxylic acids is 1. The number of allylic oxidation sites excluding steroid dienone is 2. The van der Waals surface area contributed by atoms with E-state index >= 15 is 9.59 Å². The van der Waals surface area contributed by atoms with Crippen molar-refractivity contribution in [3.05, 3.63) is 263 Å². The summed E-state index contributed by atoms with van der Waals surface area (Å²) in [7, 11) is -4.44. The van der Waals surface area contributed by atoms with Crippen molar-refractivity contribution in [2.45, 2.75) is 186 Å². The maximum atomic E-state index is 15.9. The number of carbonyl (C=O) groups excluding carboxylic acids is 6. The summed E-state index contributed by atoms with van der Waals surface area (Å²) in [5.41, 5.74) is 5.34. The lowest BCUT2D eigenvalue weighted by Gasteiger charge is -2.41. The highest BCUT2D eigenvalue weighted by Gasteiger charge is 2.45. The molecule has 0 saturated heterocycles. The SMILES string of the molecule is CC(C)(C)OC(=O)NC(CC(CNC(=O)OCc1ccccc1)O[Si](C)(C)C(C)(C)C)C(=O)NC(CC1C=C(c2cccc(CC(NC(=O)OCc3ccccc3)C(=O)OCC[Si](C)(C)C)c2)C=CC1(OCc1ccccc1)OCc1ccccc1)C(=O)NC(Cc1ccc(OCc2ccccc2)cc1)C(=O)O. The van der Waals surface area contributed by atoms with E-state index in [0.717, 1.165) is 27.8 Å². The fraction of sp³-hybridized carbons (Fsp3) is 0.376. The average Bonchev–Trinajstić information content (AvgIpc) is 0.773. The summed E-state index contributed by atoms with van der Waals surface area (Å²) in [6.45, 7) is 21.8. The molecule has 574 valence electrons. The van der Waals surface area contributed by atoms with E-state index in [9.17, 15) is 29.1 Å². The Bertz CT molecular complexity index is 4070. The first-order valence-corrected chi connectivity index (χ1v) is 43.2. The van der Waals surface area contributed by atoms with Crippen LogP contribution in [0.1, 0.15) is 98.9 Å². The maximum absolute atomic E-state index is 15.9. The molecule has 108 heavy (non-hydrogen) atoms. The molecule has 21 nitrogen and oxygen atoms in total. The van der Waals surface area contributed by atoms with Gasteiger partial charge in [0.1, 0.15) is 55.3 Å². The Morgan fingerprint density at radius 1 is 0.500 bits per heavy atom. The fourth-order valence-corrected chi connectivity index (χ4v) is 13.5. The van der Waals surface area contributed by atoms with Crippen molar-refractivity contribution in [3.8, 4) is 5.75 Å². The third kappa shape index (κ3) is 27.9. The average molecular weight is 1510 g/mol. The first-order chi connectivity index (χ1) is 51.4. The Labute approximate surface area is 637 Å². The van der Waals surface area contributed by atoms with E-state index in [-0.39, 0.29) is 65.3 Å². The molecule has 0 aromatic heterocycles. The third-order valence-corrected chi connectivity index (χ3v) is 24.6. The molecular formula is C85H105N5O16Si2. The Balaban J connectivity index is 1.21. The van der Waals surface area contributed by atoms with Crippen LogP contribution >= 0.6 is 0 Å². The van der Waals surface area contributed by atoms with Crippen molar-refractivity contribution >= 4 is 64.0 Å². The number of carbonyl (C=O) groups is 7. The minimum Gasteiger partial charge on any atom is -0.489 e. The number of hydrogen-bond acceptors (Lipinski definition) is 15. The number of rotatable bonds is 37. The quantitative estimate of drug-likeness (QED) is 0.00914. The van der Waals surface area contributed by atoms with E-state index in [1.165, 1.54) is 0 Å². The number of benzene rings is 7. The number of ether oxygens (including phenoxy) is 7. The number of esters is 1. The van der Waals surface area contributed by atoms with Gasteiger partial charge < -0.3 is 69.3 Å². The van der Waals surface area contributed by atoms with Crippen molar-refractivity contribution < 1.29 is 76.3 Å². The highest BCUT2D eigenvalue weighted by molar-refractivity contribution is 6.76. The van der Waals surface area contributed by atoms with Crippen LogP contribution in [0, 0.1) is 5.92 Å². The molecule has 5 amide bonds. The van der Waals surface area contributed by atoms with Gasteiger partial charge >= 0.3 is 30.2 Å². The number of aliphatic carboxylic acids is 1. The summed E-state index contributed by atoms with van der Waals surface area (Å²) in [6, 6.07) is 55.7. The normalized spacial score (nSPS) is 14.9. The molecule has 0 aliphatic heterocycles. The lowest BCUT2D eigenvalue weighted by atomic mass is 9.82.